The van der Waals surface area contributed by atoms with Gasteiger partial charge in [0.05, 0.1) is 12.7 Å². The van der Waals surface area contributed by atoms with Gasteiger partial charge in [0.15, 0.2) is 0 Å². The van der Waals surface area contributed by atoms with Crippen LogP contribution in [-0.4, -0.2) is 12.4 Å². The van der Waals surface area contributed by atoms with Crippen molar-refractivity contribution in [2.75, 3.05) is 0 Å². The zero-order valence-corrected chi connectivity index (χ0v) is 10.2. The first-order chi connectivity index (χ1) is 8.38. The highest BCUT2D eigenvalue weighted by molar-refractivity contribution is 5.49. The van der Waals surface area contributed by atoms with Crippen LogP contribution in [0.2, 0.25) is 0 Å². The molecular formula is C15H20O2. The van der Waals surface area contributed by atoms with Gasteiger partial charge in [-0.15, -0.1) is 0 Å². The van der Waals surface area contributed by atoms with Gasteiger partial charge in [-0.25, -0.2) is 0 Å². The summed E-state index contributed by atoms with van der Waals surface area (Å²) in [5.41, 5.74) is 1.24. The summed E-state index contributed by atoms with van der Waals surface area (Å²) in [5.74, 6) is 0.601. The molecule has 1 aliphatic rings. The van der Waals surface area contributed by atoms with Gasteiger partial charge in [-0.3, -0.25) is 0 Å². The molecule has 1 aromatic carbocycles. The van der Waals surface area contributed by atoms with E-state index in [4.69, 9.17) is 4.74 Å². The van der Waals surface area contributed by atoms with Gasteiger partial charge in [0.25, 0.3) is 0 Å². The van der Waals surface area contributed by atoms with Gasteiger partial charge in [0, 0.05) is 6.42 Å². The quantitative estimate of drug-likeness (QED) is 0.728. The standard InChI is InChI=1S/C15H20O2/c16-11-10-13-6-8-15(9-7-13)17-12-14-4-2-1-3-5-14/h1-5,11,13,15H,6-10,12H2. The van der Waals surface area contributed by atoms with Crippen molar-refractivity contribution >= 4 is 6.29 Å². The lowest BCUT2D eigenvalue weighted by molar-refractivity contribution is -0.109. The first-order valence-electron chi connectivity index (χ1n) is 6.47. The van der Waals surface area contributed by atoms with Crippen LogP contribution >= 0.6 is 0 Å². The van der Waals surface area contributed by atoms with Crippen molar-refractivity contribution < 1.29 is 9.53 Å². The molecule has 2 rings (SSSR count). The number of carbonyl (C=O) groups excluding carboxylic acids is 1. The van der Waals surface area contributed by atoms with Crippen LogP contribution in [0.25, 0.3) is 0 Å². The van der Waals surface area contributed by atoms with Crippen LogP contribution in [0.3, 0.4) is 0 Å². The van der Waals surface area contributed by atoms with Gasteiger partial charge in [0.1, 0.15) is 6.29 Å². The molecule has 1 aromatic rings. The molecule has 0 aliphatic heterocycles. The van der Waals surface area contributed by atoms with Crippen LogP contribution in [0.5, 0.6) is 0 Å². The average Bonchev–Trinajstić information content (AvgIpc) is 2.40. The molecule has 0 aromatic heterocycles. The van der Waals surface area contributed by atoms with E-state index >= 15 is 0 Å². The van der Waals surface area contributed by atoms with Crippen LogP contribution in [-0.2, 0) is 16.1 Å². The molecule has 0 radical (unpaired) electrons. The molecule has 0 N–H and O–H groups in total. The maximum Gasteiger partial charge on any atom is 0.120 e. The lowest BCUT2D eigenvalue weighted by Crippen LogP contribution is -2.21. The maximum atomic E-state index is 10.4. The Hall–Kier alpha value is -1.15. The second kappa shape index (κ2) is 6.55. The highest BCUT2D eigenvalue weighted by atomic mass is 16.5. The first-order valence-corrected chi connectivity index (χ1v) is 6.47. The van der Waals surface area contributed by atoms with Crippen molar-refractivity contribution in [3.05, 3.63) is 35.9 Å². The van der Waals surface area contributed by atoms with Crippen molar-refractivity contribution in [3.8, 4) is 0 Å². The number of rotatable bonds is 5. The van der Waals surface area contributed by atoms with Crippen LogP contribution in [0.1, 0.15) is 37.7 Å². The molecule has 0 spiro atoms. The van der Waals surface area contributed by atoms with E-state index in [-0.39, 0.29) is 0 Å². The largest absolute Gasteiger partial charge is 0.374 e. The normalized spacial score (nSPS) is 24.5. The van der Waals surface area contributed by atoms with Crippen molar-refractivity contribution in [1.29, 1.82) is 0 Å². The Balaban J connectivity index is 1.70. The molecule has 1 saturated carbocycles. The Morgan fingerprint density at radius 1 is 1.12 bits per heavy atom. The molecule has 0 bridgehead atoms. The molecule has 0 atom stereocenters. The van der Waals surface area contributed by atoms with E-state index in [1.54, 1.807) is 0 Å². The van der Waals surface area contributed by atoms with Crippen molar-refractivity contribution in [2.45, 2.75) is 44.8 Å². The molecule has 17 heavy (non-hydrogen) atoms. The summed E-state index contributed by atoms with van der Waals surface area (Å²) in [6.07, 6.45) is 6.65. The molecule has 2 nitrogen and oxygen atoms in total. The number of carbonyl (C=O) groups is 1. The van der Waals surface area contributed by atoms with Gasteiger partial charge in [-0.2, -0.15) is 0 Å². The minimum absolute atomic E-state index is 0.387. The molecule has 0 saturated heterocycles. The Bertz CT molecular complexity index is 326. The highest BCUT2D eigenvalue weighted by Crippen LogP contribution is 2.28. The third-order valence-electron chi connectivity index (χ3n) is 3.55. The van der Waals surface area contributed by atoms with Crippen LogP contribution < -0.4 is 0 Å². The third kappa shape index (κ3) is 3.97. The minimum atomic E-state index is 0.387. The number of benzene rings is 1. The fraction of sp³-hybridized carbons (Fsp3) is 0.533. The fourth-order valence-corrected chi connectivity index (χ4v) is 2.46. The highest BCUT2D eigenvalue weighted by Gasteiger charge is 2.21. The number of aldehydes is 1. The number of ether oxygens (including phenoxy) is 1. The van der Waals surface area contributed by atoms with Gasteiger partial charge in [-0.05, 0) is 37.2 Å². The van der Waals surface area contributed by atoms with E-state index in [1.807, 2.05) is 18.2 Å². The second-order valence-corrected chi connectivity index (χ2v) is 4.84. The number of hydrogen-bond donors (Lipinski definition) is 0. The summed E-state index contributed by atoms with van der Waals surface area (Å²) in [7, 11) is 0. The lowest BCUT2D eigenvalue weighted by Gasteiger charge is -2.27. The predicted molar refractivity (Wildman–Crippen MR) is 67.7 cm³/mol. The monoisotopic (exact) mass is 232 g/mol. The summed E-state index contributed by atoms with van der Waals surface area (Å²) in [5, 5.41) is 0. The van der Waals surface area contributed by atoms with Crippen LogP contribution in [0.15, 0.2) is 30.3 Å². The zero-order valence-electron chi connectivity index (χ0n) is 10.2. The average molecular weight is 232 g/mol. The van der Waals surface area contributed by atoms with E-state index in [0.717, 1.165) is 38.4 Å². The Kier molecular flexibility index (Phi) is 4.75. The van der Waals surface area contributed by atoms with Crippen molar-refractivity contribution in [1.82, 2.24) is 0 Å². The topological polar surface area (TPSA) is 26.3 Å². The van der Waals surface area contributed by atoms with E-state index in [9.17, 15) is 4.79 Å². The van der Waals surface area contributed by atoms with Gasteiger partial charge in [0.2, 0.25) is 0 Å². The molecule has 1 aliphatic carbocycles. The van der Waals surface area contributed by atoms with E-state index < -0.39 is 0 Å². The molecule has 92 valence electrons. The van der Waals surface area contributed by atoms with E-state index in [1.165, 1.54) is 5.56 Å². The summed E-state index contributed by atoms with van der Waals surface area (Å²) >= 11 is 0. The lowest BCUT2D eigenvalue weighted by atomic mass is 9.86. The van der Waals surface area contributed by atoms with Crippen molar-refractivity contribution in [2.24, 2.45) is 5.92 Å². The summed E-state index contributed by atoms with van der Waals surface area (Å²) in [4.78, 5) is 10.4. The molecule has 1 fully saturated rings. The van der Waals surface area contributed by atoms with Gasteiger partial charge >= 0.3 is 0 Å². The summed E-state index contributed by atoms with van der Waals surface area (Å²) in [6.45, 7) is 0.712. The Labute approximate surface area is 103 Å². The SMILES string of the molecule is O=CCC1CCC(OCc2ccccc2)CC1. The second-order valence-electron chi connectivity index (χ2n) is 4.84. The van der Waals surface area contributed by atoms with E-state index in [0.29, 0.717) is 18.6 Å². The minimum Gasteiger partial charge on any atom is -0.374 e. The molecule has 0 amide bonds. The predicted octanol–water partition coefficient (Wildman–Crippen LogP) is 3.35. The third-order valence-corrected chi connectivity index (χ3v) is 3.55. The number of hydrogen-bond acceptors (Lipinski definition) is 2. The first kappa shape index (κ1) is 12.3. The smallest absolute Gasteiger partial charge is 0.120 e. The molecular weight excluding hydrogens is 212 g/mol. The van der Waals surface area contributed by atoms with Gasteiger partial charge in [-0.1, -0.05) is 30.3 Å². The zero-order chi connectivity index (χ0) is 11.9. The van der Waals surface area contributed by atoms with E-state index in [2.05, 4.69) is 12.1 Å². The van der Waals surface area contributed by atoms with Gasteiger partial charge < -0.3 is 9.53 Å². The summed E-state index contributed by atoms with van der Waals surface area (Å²) < 4.78 is 5.91. The maximum absolute atomic E-state index is 10.4. The summed E-state index contributed by atoms with van der Waals surface area (Å²) in [6, 6.07) is 10.3. The van der Waals surface area contributed by atoms with Crippen molar-refractivity contribution in [3.63, 3.8) is 0 Å². The fourth-order valence-electron chi connectivity index (χ4n) is 2.46. The van der Waals surface area contributed by atoms with Crippen LogP contribution in [0, 0.1) is 5.92 Å². The molecule has 0 unspecified atom stereocenters. The molecule has 0 heterocycles. The molecule has 2 heteroatoms. The van der Waals surface area contributed by atoms with Crippen LogP contribution in [0.4, 0.5) is 0 Å². The Morgan fingerprint density at radius 2 is 1.82 bits per heavy atom. The Morgan fingerprint density at radius 3 is 2.47 bits per heavy atom.